The molecule has 8 heteroatoms. The minimum atomic E-state index is -0.818. The smallest absolute Gasteiger partial charge is 0.274 e. The van der Waals surface area contributed by atoms with Crippen molar-refractivity contribution in [2.24, 2.45) is 11.8 Å². The highest BCUT2D eigenvalue weighted by Gasteiger charge is 2.47. The summed E-state index contributed by atoms with van der Waals surface area (Å²) in [5, 5.41) is 2.58. The molecule has 5 rings (SSSR count). The van der Waals surface area contributed by atoms with Crippen LogP contribution in [0.15, 0.2) is 24.3 Å². The topological polar surface area (TPSA) is 63.7 Å². The van der Waals surface area contributed by atoms with Crippen molar-refractivity contribution in [1.29, 1.82) is 0 Å². The predicted molar refractivity (Wildman–Crippen MR) is 123 cm³/mol. The van der Waals surface area contributed by atoms with Gasteiger partial charge < -0.3 is 19.7 Å². The average Bonchev–Trinajstić information content (AvgIpc) is 3.39. The highest BCUT2D eigenvalue weighted by molar-refractivity contribution is 6.03. The Kier molecular flexibility index (Phi) is 5.51. The molecule has 2 unspecified atom stereocenters. The summed E-state index contributed by atoms with van der Waals surface area (Å²) in [6.45, 7) is 5.36. The van der Waals surface area contributed by atoms with Gasteiger partial charge in [-0.2, -0.15) is 0 Å². The highest BCUT2D eigenvalue weighted by Crippen LogP contribution is 2.52. The number of anilines is 2. The summed E-state index contributed by atoms with van der Waals surface area (Å²) >= 11 is 0. The summed E-state index contributed by atoms with van der Waals surface area (Å²) in [7, 11) is 1.68. The molecule has 2 atom stereocenters. The van der Waals surface area contributed by atoms with Crippen LogP contribution in [0.1, 0.15) is 50.6 Å². The number of hydrogen-bond donors (Lipinski definition) is 1. The molecule has 0 radical (unpaired) electrons. The molecule has 2 aliphatic carbocycles. The van der Waals surface area contributed by atoms with Crippen molar-refractivity contribution in [2.45, 2.75) is 51.2 Å². The summed E-state index contributed by atoms with van der Waals surface area (Å²) in [6.07, 6.45) is 3.49. The van der Waals surface area contributed by atoms with E-state index >= 15 is 0 Å². The van der Waals surface area contributed by atoms with Crippen LogP contribution in [0.4, 0.5) is 20.3 Å². The third-order valence-electron chi connectivity index (χ3n) is 7.12. The number of hydrogen-bond acceptors (Lipinski definition) is 5. The number of aryl methyl sites for hydroxylation is 1. The fraction of sp³-hybridized carbons (Fsp3) is 0.520. The normalized spacial score (nSPS) is 24.8. The van der Waals surface area contributed by atoms with E-state index in [0.717, 1.165) is 37.0 Å². The van der Waals surface area contributed by atoms with Gasteiger partial charge in [0.05, 0.1) is 11.7 Å². The van der Waals surface area contributed by atoms with Gasteiger partial charge in [0.2, 0.25) is 0 Å². The highest BCUT2D eigenvalue weighted by atomic mass is 19.1. The van der Waals surface area contributed by atoms with Crippen molar-refractivity contribution in [2.75, 3.05) is 30.4 Å². The molecular formula is C25H31F2N3O3. The van der Waals surface area contributed by atoms with Crippen molar-refractivity contribution in [1.82, 2.24) is 4.98 Å². The molecule has 2 heterocycles. The molecule has 1 aromatic heterocycles. The molecule has 1 aromatic carbocycles. The summed E-state index contributed by atoms with van der Waals surface area (Å²) in [4.78, 5) is 19.4. The van der Waals surface area contributed by atoms with Crippen LogP contribution in [-0.2, 0) is 11.2 Å². The van der Waals surface area contributed by atoms with Crippen molar-refractivity contribution in [3.8, 4) is 5.75 Å². The lowest BCUT2D eigenvalue weighted by molar-refractivity contribution is -0.0171. The zero-order valence-electron chi connectivity index (χ0n) is 19.2. The summed E-state index contributed by atoms with van der Waals surface area (Å²) in [5.74, 6) is -0.546. The van der Waals surface area contributed by atoms with Gasteiger partial charge in [0, 0.05) is 39.4 Å². The zero-order chi connectivity index (χ0) is 23.3. The number of nitrogens with one attached hydrogen (secondary N) is 1. The second kappa shape index (κ2) is 8.24. The van der Waals surface area contributed by atoms with Gasteiger partial charge in [-0.1, -0.05) is 6.92 Å². The fourth-order valence-electron chi connectivity index (χ4n) is 4.97. The number of carbonyl (C=O) groups is 1. The molecule has 0 bridgehead atoms. The maximum Gasteiger partial charge on any atom is 0.274 e. The number of nitrogens with zero attached hydrogens (tertiary/aromatic N) is 2. The maximum atomic E-state index is 14.6. The SMILES string of the molecule is CCc1cc(C(=O)Nc2cc(F)c(OC3CC4CC4C3)c(F)c2)nc(N2CC(C)(OC)C2)c1.[HH]. The number of ether oxygens (including phenoxy) is 2. The van der Waals surface area contributed by atoms with E-state index in [2.05, 4.69) is 10.3 Å². The zero-order valence-corrected chi connectivity index (χ0v) is 19.2. The number of benzene rings is 1. The quantitative estimate of drug-likeness (QED) is 0.643. The number of carbonyl (C=O) groups excluding carboxylic acids is 1. The van der Waals surface area contributed by atoms with Crippen molar-refractivity contribution in [3.05, 3.63) is 47.2 Å². The molecule has 2 saturated carbocycles. The number of methoxy groups -OCH3 is 1. The van der Waals surface area contributed by atoms with E-state index in [1.165, 1.54) is 6.42 Å². The van der Waals surface area contributed by atoms with Crippen molar-refractivity contribution >= 4 is 17.4 Å². The van der Waals surface area contributed by atoms with Crippen LogP contribution in [-0.4, -0.2) is 42.8 Å². The van der Waals surface area contributed by atoms with Gasteiger partial charge in [-0.15, -0.1) is 0 Å². The standard InChI is InChI=1S/C25H29F2N3O3.H2/c1-4-14-5-21(29-22(6-14)30-12-25(2,13-30)32-3)24(31)28-17-10-19(26)23(20(27)11-17)33-18-8-15-7-16(15)9-18;/h5-6,10-11,15-16,18H,4,7-9,12-13H2,1-3H3,(H,28,31);1H. The van der Waals surface area contributed by atoms with Gasteiger partial charge in [0.25, 0.3) is 5.91 Å². The lowest BCUT2D eigenvalue weighted by Crippen LogP contribution is -2.61. The molecule has 1 aliphatic heterocycles. The second-order valence-corrected chi connectivity index (χ2v) is 9.77. The van der Waals surface area contributed by atoms with Gasteiger partial charge in [0.1, 0.15) is 11.5 Å². The number of pyridine rings is 1. The summed E-state index contributed by atoms with van der Waals surface area (Å²) in [6, 6.07) is 5.83. The second-order valence-electron chi connectivity index (χ2n) is 9.77. The van der Waals surface area contributed by atoms with Crippen molar-refractivity contribution < 1.29 is 24.5 Å². The van der Waals surface area contributed by atoms with Crippen molar-refractivity contribution in [3.63, 3.8) is 0 Å². The molecule has 1 saturated heterocycles. The van der Waals surface area contributed by atoms with Gasteiger partial charge in [0.15, 0.2) is 17.4 Å². The van der Waals surface area contributed by atoms with E-state index in [1.807, 2.05) is 24.8 Å². The first kappa shape index (κ1) is 22.1. The van der Waals surface area contributed by atoms with E-state index in [4.69, 9.17) is 9.47 Å². The number of fused-ring (bicyclic) bond motifs is 1. The Morgan fingerprint density at radius 1 is 1.18 bits per heavy atom. The van der Waals surface area contributed by atoms with Crippen LogP contribution in [0.25, 0.3) is 0 Å². The van der Waals surface area contributed by atoms with E-state index in [0.29, 0.717) is 30.7 Å². The molecule has 6 nitrogen and oxygen atoms in total. The molecule has 1 amide bonds. The number of amides is 1. The number of rotatable bonds is 7. The van der Waals surface area contributed by atoms with Crippen LogP contribution in [0, 0.1) is 23.5 Å². The maximum absolute atomic E-state index is 14.6. The van der Waals surface area contributed by atoms with E-state index in [1.54, 1.807) is 13.2 Å². The Morgan fingerprint density at radius 3 is 2.45 bits per heavy atom. The molecule has 3 fully saturated rings. The average molecular weight is 460 g/mol. The minimum absolute atomic E-state index is 0. The summed E-state index contributed by atoms with van der Waals surface area (Å²) < 4.78 is 40.3. The molecule has 178 valence electrons. The third kappa shape index (κ3) is 4.40. The van der Waals surface area contributed by atoms with Crippen LogP contribution < -0.4 is 15.0 Å². The van der Waals surface area contributed by atoms with E-state index in [9.17, 15) is 13.6 Å². The lowest BCUT2D eigenvalue weighted by Gasteiger charge is -2.47. The molecule has 33 heavy (non-hydrogen) atoms. The van der Waals surface area contributed by atoms with Crippen LogP contribution in [0.3, 0.4) is 0 Å². The monoisotopic (exact) mass is 459 g/mol. The molecule has 3 aliphatic rings. The van der Waals surface area contributed by atoms with Crippen LogP contribution in [0.2, 0.25) is 0 Å². The first-order chi connectivity index (χ1) is 15.8. The third-order valence-corrected chi connectivity index (χ3v) is 7.12. The fourth-order valence-corrected chi connectivity index (χ4v) is 4.97. The molecule has 2 aromatic rings. The molecular weight excluding hydrogens is 428 g/mol. The van der Waals surface area contributed by atoms with Gasteiger partial charge in [-0.25, -0.2) is 13.8 Å². The summed E-state index contributed by atoms with van der Waals surface area (Å²) in [5.41, 5.74) is 0.941. The molecule has 1 N–H and O–H groups in total. The number of halogens is 2. The Balaban J connectivity index is 0.00000274. The Morgan fingerprint density at radius 2 is 1.85 bits per heavy atom. The minimum Gasteiger partial charge on any atom is -0.484 e. The first-order valence-electron chi connectivity index (χ1n) is 11.5. The van der Waals surface area contributed by atoms with Crippen LogP contribution >= 0.6 is 0 Å². The number of aromatic nitrogens is 1. The lowest BCUT2D eigenvalue weighted by atomic mass is 9.96. The molecule has 0 spiro atoms. The van der Waals surface area contributed by atoms with E-state index in [-0.39, 0.29) is 30.3 Å². The van der Waals surface area contributed by atoms with Gasteiger partial charge in [-0.3, -0.25) is 4.79 Å². The van der Waals surface area contributed by atoms with E-state index < -0.39 is 17.5 Å². The van der Waals surface area contributed by atoms with Crippen LogP contribution in [0.5, 0.6) is 5.75 Å². The van der Waals surface area contributed by atoms with Gasteiger partial charge >= 0.3 is 0 Å². The Hall–Kier alpha value is -2.74. The van der Waals surface area contributed by atoms with Gasteiger partial charge in [-0.05, 0) is 62.1 Å². The Bertz CT molecular complexity index is 1060. The first-order valence-corrected chi connectivity index (χ1v) is 11.5. The predicted octanol–water partition coefficient (Wildman–Crippen LogP) is 4.82. The Labute approximate surface area is 193 Å². The largest absolute Gasteiger partial charge is 0.484 e.